The van der Waals surface area contributed by atoms with Crippen LogP contribution in [-0.2, 0) is 12.3 Å². The topological polar surface area (TPSA) is 83.0 Å². The summed E-state index contributed by atoms with van der Waals surface area (Å²) in [6.45, 7) is 2.47. The quantitative estimate of drug-likeness (QED) is 0.227. The second kappa shape index (κ2) is 9.21. The van der Waals surface area contributed by atoms with Gasteiger partial charge in [-0.15, -0.1) is 11.3 Å². The lowest BCUT2D eigenvalue weighted by atomic mass is 10.2. The summed E-state index contributed by atoms with van der Waals surface area (Å²) in [5.74, 6) is 2.16. The largest absolute Gasteiger partial charge is 0.497 e. The average Bonchev–Trinajstić information content (AvgIpc) is 3.51. The standard InChI is InChI=1S/C24H20N4O3S2/c1-3-28-23(29)21-18(13-19(33-21)15-7-5-4-6-8-15)25-24(28)32-14-20-26-22(27-31-20)16-9-11-17(30-2)12-10-16/h4-13H,3,14H2,1-2H3. The molecule has 0 fully saturated rings. The average molecular weight is 477 g/mol. The Labute approximate surface area is 198 Å². The second-order valence-corrected chi connectivity index (χ2v) is 9.16. The van der Waals surface area contributed by atoms with E-state index < -0.39 is 0 Å². The number of benzene rings is 2. The van der Waals surface area contributed by atoms with Gasteiger partial charge in [-0.05, 0) is 42.8 Å². The molecule has 0 atom stereocenters. The van der Waals surface area contributed by atoms with Crippen molar-refractivity contribution in [3.63, 3.8) is 0 Å². The van der Waals surface area contributed by atoms with E-state index in [1.165, 1.54) is 23.1 Å². The fraction of sp³-hybridized carbons (Fsp3) is 0.167. The van der Waals surface area contributed by atoms with Gasteiger partial charge in [0.05, 0.1) is 18.4 Å². The number of aromatic nitrogens is 4. The van der Waals surface area contributed by atoms with E-state index in [9.17, 15) is 4.79 Å². The minimum Gasteiger partial charge on any atom is -0.497 e. The first-order chi connectivity index (χ1) is 16.2. The molecule has 33 heavy (non-hydrogen) atoms. The molecule has 166 valence electrons. The van der Waals surface area contributed by atoms with Gasteiger partial charge in [-0.2, -0.15) is 4.98 Å². The van der Waals surface area contributed by atoms with Gasteiger partial charge < -0.3 is 9.26 Å². The van der Waals surface area contributed by atoms with E-state index in [2.05, 4.69) is 10.1 Å². The van der Waals surface area contributed by atoms with Crippen molar-refractivity contribution in [1.29, 1.82) is 0 Å². The molecule has 0 unspecified atom stereocenters. The van der Waals surface area contributed by atoms with E-state index in [4.69, 9.17) is 14.2 Å². The summed E-state index contributed by atoms with van der Waals surface area (Å²) in [4.78, 5) is 23.4. The van der Waals surface area contributed by atoms with E-state index in [1.807, 2.05) is 67.6 Å². The molecule has 3 heterocycles. The van der Waals surface area contributed by atoms with Crippen LogP contribution in [0.3, 0.4) is 0 Å². The van der Waals surface area contributed by atoms with Gasteiger partial charge in [0.25, 0.3) is 5.56 Å². The maximum Gasteiger partial charge on any atom is 0.272 e. The minimum atomic E-state index is -0.0263. The summed E-state index contributed by atoms with van der Waals surface area (Å²) in [6, 6.07) is 19.5. The molecule has 5 aromatic rings. The third-order valence-electron chi connectivity index (χ3n) is 5.11. The Morgan fingerprint density at radius 1 is 1.06 bits per heavy atom. The molecular formula is C24H20N4O3S2. The molecule has 7 nitrogen and oxygen atoms in total. The molecule has 0 aliphatic rings. The van der Waals surface area contributed by atoms with Gasteiger partial charge in [0.2, 0.25) is 11.7 Å². The maximum absolute atomic E-state index is 13.1. The first-order valence-corrected chi connectivity index (χ1v) is 12.2. The minimum absolute atomic E-state index is 0.0263. The summed E-state index contributed by atoms with van der Waals surface area (Å²) in [5, 5.41) is 4.71. The highest BCUT2D eigenvalue weighted by atomic mass is 32.2. The number of rotatable bonds is 7. The third-order valence-corrected chi connectivity index (χ3v) is 7.24. The molecule has 0 saturated heterocycles. The van der Waals surface area contributed by atoms with Gasteiger partial charge in [-0.3, -0.25) is 9.36 Å². The van der Waals surface area contributed by atoms with Gasteiger partial charge in [0.15, 0.2) is 5.16 Å². The highest BCUT2D eigenvalue weighted by Gasteiger charge is 2.16. The fourth-order valence-corrected chi connectivity index (χ4v) is 5.37. The van der Waals surface area contributed by atoms with Crippen LogP contribution in [0.25, 0.3) is 32.0 Å². The molecule has 0 aliphatic heterocycles. The number of methoxy groups -OCH3 is 1. The summed E-state index contributed by atoms with van der Waals surface area (Å²) < 4.78 is 13.0. The van der Waals surface area contributed by atoms with E-state index in [0.717, 1.165) is 21.8 Å². The molecule has 0 aliphatic carbocycles. The normalized spacial score (nSPS) is 11.2. The molecule has 0 bridgehead atoms. The third kappa shape index (κ3) is 4.29. The zero-order valence-corrected chi connectivity index (χ0v) is 19.7. The Kier molecular flexibility index (Phi) is 5.97. The first-order valence-electron chi connectivity index (χ1n) is 10.4. The molecule has 0 saturated carbocycles. The lowest BCUT2D eigenvalue weighted by molar-refractivity contribution is 0.391. The van der Waals surface area contributed by atoms with Gasteiger partial charge in [0.1, 0.15) is 10.4 Å². The molecule has 5 rings (SSSR count). The van der Waals surface area contributed by atoms with Crippen molar-refractivity contribution in [2.24, 2.45) is 0 Å². The van der Waals surface area contributed by atoms with Crippen LogP contribution in [0.1, 0.15) is 12.8 Å². The van der Waals surface area contributed by atoms with Crippen molar-refractivity contribution in [3.05, 3.63) is 76.9 Å². The smallest absolute Gasteiger partial charge is 0.272 e. The van der Waals surface area contributed by atoms with Gasteiger partial charge >= 0.3 is 0 Å². The number of nitrogens with zero attached hydrogens (tertiary/aromatic N) is 4. The molecule has 2 aromatic carbocycles. The fourth-order valence-electron chi connectivity index (χ4n) is 3.42. The Balaban J connectivity index is 1.40. The van der Waals surface area contributed by atoms with E-state index in [-0.39, 0.29) is 5.56 Å². The first kappa shape index (κ1) is 21.4. The predicted molar refractivity (Wildman–Crippen MR) is 131 cm³/mol. The molecule has 9 heteroatoms. The number of hydrogen-bond acceptors (Lipinski definition) is 8. The van der Waals surface area contributed by atoms with Crippen molar-refractivity contribution >= 4 is 33.3 Å². The van der Waals surface area contributed by atoms with E-state index >= 15 is 0 Å². The van der Waals surface area contributed by atoms with E-state index in [1.54, 1.807) is 11.7 Å². The molecule has 0 spiro atoms. The number of ether oxygens (including phenoxy) is 1. The zero-order chi connectivity index (χ0) is 22.8. The molecule has 0 amide bonds. The van der Waals surface area contributed by atoms with Gasteiger partial charge in [-0.1, -0.05) is 47.3 Å². The second-order valence-electron chi connectivity index (χ2n) is 7.16. The lowest BCUT2D eigenvalue weighted by Crippen LogP contribution is -2.21. The van der Waals surface area contributed by atoms with E-state index in [0.29, 0.717) is 39.4 Å². The SMILES string of the molecule is CCn1c(SCc2nc(-c3ccc(OC)cc3)no2)nc2cc(-c3ccccc3)sc2c1=O. The Bertz CT molecular complexity index is 1460. The molecular weight excluding hydrogens is 456 g/mol. The van der Waals surface area contributed by atoms with Crippen molar-refractivity contribution in [1.82, 2.24) is 19.7 Å². The summed E-state index contributed by atoms with van der Waals surface area (Å²) in [7, 11) is 1.62. The van der Waals surface area contributed by atoms with Crippen LogP contribution in [0.15, 0.2) is 75.1 Å². The number of fused-ring (bicyclic) bond motifs is 1. The van der Waals surface area contributed by atoms with Crippen LogP contribution in [0.5, 0.6) is 5.75 Å². The Hall–Kier alpha value is -3.43. The number of thioether (sulfide) groups is 1. The Morgan fingerprint density at radius 3 is 2.58 bits per heavy atom. The highest BCUT2D eigenvalue weighted by Crippen LogP contribution is 2.32. The zero-order valence-electron chi connectivity index (χ0n) is 18.0. The summed E-state index contributed by atoms with van der Waals surface area (Å²) in [6.07, 6.45) is 0. The maximum atomic E-state index is 13.1. The molecule has 0 N–H and O–H groups in total. The molecule has 0 radical (unpaired) electrons. The Morgan fingerprint density at radius 2 is 1.85 bits per heavy atom. The predicted octanol–water partition coefficient (Wildman–Crippen LogP) is 5.50. The van der Waals surface area contributed by atoms with Crippen molar-refractivity contribution < 1.29 is 9.26 Å². The molecule has 3 aromatic heterocycles. The van der Waals surface area contributed by atoms with Crippen LogP contribution in [0.2, 0.25) is 0 Å². The highest BCUT2D eigenvalue weighted by molar-refractivity contribution is 7.98. The monoisotopic (exact) mass is 476 g/mol. The van der Waals surface area contributed by atoms with Crippen LogP contribution >= 0.6 is 23.1 Å². The number of thiophene rings is 1. The van der Waals surface area contributed by atoms with Crippen molar-refractivity contribution in [3.8, 4) is 27.6 Å². The van der Waals surface area contributed by atoms with Crippen molar-refractivity contribution in [2.75, 3.05) is 7.11 Å². The van der Waals surface area contributed by atoms with Gasteiger partial charge in [0, 0.05) is 17.0 Å². The summed E-state index contributed by atoms with van der Waals surface area (Å²) >= 11 is 2.89. The van der Waals surface area contributed by atoms with Gasteiger partial charge in [-0.25, -0.2) is 4.98 Å². The van der Waals surface area contributed by atoms with Crippen molar-refractivity contribution in [2.45, 2.75) is 24.4 Å². The van der Waals surface area contributed by atoms with Crippen LogP contribution in [-0.4, -0.2) is 26.8 Å². The lowest BCUT2D eigenvalue weighted by Gasteiger charge is -2.08. The number of hydrogen-bond donors (Lipinski definition) is 0. The summed E-state index contributed by atoms with van der Waals surface area (Å²) in [5.41, 5.74) is 2.60. The van der Waals surface area contributed by atoms with Crippen LogP contribution < -0.4 is 10.3 Å². The van der Waals surface area contributed by atoms with Crippen LogP contribution in [0.4, 0.5) is 0 Å². The van der Waals surface area contributed by atoms with Crippen LogP contribution in [0, 0.1) is 0 Å².